The van der Waals surface area contributed by atoms with Crippen molar-refractivity contribution >= 4 is 0 Å². The first-order valence-corrected chi connectivity index (χ1v) is 7.02. The molecule has 3 rings (SSSR count). The van der Waals surface area contributed by atoms with Gasteiger partial charge >= 0.3 is 0 Å². The Labute approximate surface area is 114 Å². The number of rotatable bonds is 3. The van der Waals surface area contributed by atoms with Crippen LogP contribution in [-0.2, 0) is 0 Å². The molecule has 0 spiro atoms. The SMILES string of the molecule is CN(C)C(c1ccc2c(c1)OCO2)C1CCCNC1. The van der Waals surface area contributed by atoms with Crippen LogP contribution in [0.15, 0.2) is 18.2 Å². The van der Waals surface area contributed by atoms with Crippen LogP contribution in [0.1, 0.15) is 24.4 Å². The van der Waals surface area contributed by atoms with Gasteiger partial charge in [0, 0.05) is 6.04 Å². The third kappa shape index (κ3) is 2.55. The van der Waals surface area contributed by atoms with Crippen LogP contribution >= 0.6 is 0 Å². The molecule has 2 heterocycles. The molecule has 1 aromatic rings. The zero-order valence-electron chi connectivity index (χ0n) is 11.7. The summed E-state index contributed by atoms with van der Waals surface area (Å²) in [6.07, 6.45) is 2.55. The minimum atomic E-state index is 0.344. The lowest BCUT2D eigenvalue weighted by Crippen LogP contribution is -2.38. The average molecular weight is 262 g/mol. The molecule has 1 aromatic carbocycles. The van der Waals surface area contributed by atoms with Crippen LogP contribution in [0.2, 0.25) is 0 Å². The second-order valence-corrected chi connectivity index (χ2v) is 5.63. The van der Waals surface area contributed by atoms with Crippen LogP contribution in [0.4, 0.5) is 0 Å². The predicted molar refractivity (Wildman–Crippen MR) is 74.6 cm³/mol. The Morgan fingerprint density at radius 1 is 1.26 bits per heavy atom. The standard InChI is InChI=1S/C15H22N2O2/c1-17(2)15(12-4-3-7-16-9-12)11-5-6-13-14(8-11)19-10-18-13/h5-6,8,12,15-16H,3-4,7,9-10H2,1-2H3. The summed E-state index contributed by atoms with van der Waals surface area (Å²) in [7, 11) is 4.31. The van der Waals surface area contributed by atoms with Gasteiger partial charge in [0.25, 0.3) is 0 Å². The molecule has 0 amide bonds. The summed E-state index contributed by atoms with van der Waals surface area (Å²) in [5.41, 5.74) is 1.32. The predicted octanol–water partition coefficient (Wildman–Crippen LogP) is 2.02. The maximum Gasteiger partial charge on any atom is 0.231 e. The molecule has 0 aromatic heterocycles. The first kappa shape index (κ1) is 12.8. The fourth-order valence-corrected chi connectivity index (χ4v) is 3.24. The number of piperidine rings is 1. The summed E-state index contributed by atoms with van der Waals surface area (Å²) >= 11 is 0. The van der Waals surface area contributed by atoms with E-state index in [1.165, 1.54) is 18.4 Å². The second kappa shape index (κ2) is 5.39. The minimum Gasteiger partial charge on any atom is -0.454 e. The van der Waals surface area contributed by atoms with Gasteiger partial charge in [-0.2, -0.15) is 0 Å². The van der Waals surface area contributed by atoms with Crippen molar-refractivity contribution in [3.8, 4) is 11.5 Å². The number of nitrogens with zero attached hydrogens (tertiary/aromatic N) is 1. The Morgan fingerprint density at radius 3 is 2.84 bits per heavy atom. The highest BCUT2D eigenvalue weighted by Gasteiger charge is 2.28. The molecule has 2 unspecified atom stereocenters. The molecule has 2 aliphatic heterocycles. The molecule has 0 saturated carbocycles. The van der Waals surface area contributed by atoms with E-state index in [1.807, 2.05) is 6.07 Å². The molecule has 4 nitrogen and oxygen atoms in total. The Bertz CT molecular complexity index is 442. The van der Waals surface area contributed by atoms with E-state index in [-0.39, 0.29) is 0 Å². The highest BCUT2D eigenvalue weighted by atomic mass is 16.7. The Morgan fingerprint density at radius 2 is 2.11 bits per heavy atom. The van der Waals surface area contributed by atoms with Gasteiger partial charge in [-0.05, 0) is 63.6 Å². The number of nitrogens with one attached hydrogen (secondary N) is 1. The van der Waals surface area contributed by atoms with Gasteiger partial charge in [0.15, 0.2) is 11.5 Å². The number of benzene rings is 1. The molecule has 104 valence electrons. The third-order valence-electron chi connectivity index (χ3n) is 4.08. The lowest BCUT2D eigenvalue weighted by molar-refractivity contribution is 0.172. The van der Waals surface area contributed by atoms with Crippen molar-refractivity contribution in [2.24, 2.45) is 5.92 Å². The third-order valence-corrected chi connectivity index (χ3v) is 4.08. The van der Waals surface area contributed by atoms with Crippen LogP contribution in [0.3, 0.4) is 0 Å². The van der Waals surface area contributed by atoms with E-state index in [4.69, 9.17) is 9.47 Å². The summed E-state index contributed by atoms with van der Waals surface area (Å²) in [5, 5.41) is 3.51. The topological polar surface area (TPSA) is 33.7 Å². The number of ether oxygens (including phenoxy) is 2. The Hall–Kier alpha value is -1.26. The molecular formula is C15H22N2O2. The van der Waals surface area contributed by atoms with E-state index >= 15 is 0 Å². The van der Waals surface area contributed by atoms with Crippen LogP contribution in [0, 0.1) is 5.92 Å². The van der Waals surface area contributed by atoms with Gasteiger partial charge in [0.2, 0.25) is 6.79 Å². The van der Waals surface area contributed by atoms with E-state index < -0.39 is 0 Å². The first-order chi connectivity index (χ1) is 9.25. The van der Waals surface area contributed by atoms with Crippen LogP contribution < -0.4 is 14.8 Å². The molecule has 2 atom stereocenters. The molecule has 2 aliphatic rings. The van der Waals surface area contributed by atoms with Crippen LogP contribution in [0.25, 0.3) is 0 Å². The molecule has 0 radical (unpaired) electrons. The summed E-state index contributed by atoms with van der Waals surface area (Å²) < 4.78 is 10.9. The van der Waals surface area contributed by atoms with Gasteiger partial charge in [-0.3, -0.25) is 0 Å². The van der Waals surface area contributed by atoms with Crippen LogP contribution in [0.5, 0.6) is 11.5 Å². The zero-order chi connectivity index (χ0) is 13.2. The molecule has 1 saturated heterocycles. The van der Waals surface area contributed by atoms with Crippen molar-refractivity contribution < 1.29 is 9.47 Å². The number of fused-ring (bicyclic) bond motifs is 1. The van der Waals surface area contributed by atoms with Crippen molar-refractivity contribution in [3.05, 3.63) is 23.8 Å². The molecule has 19 heavy (non-hydrogen) atoms. The van der Waals surface area contributed by atoms with Crippen molar-refractivity contribution in [1.82, 2.24) is 10.2 Å². The highest BCUT2D eigenvalue weighted by molar-refractivity contribution is 5.45. The van der Waals surface area contributed by atoms with Gasteiger partial charge in [-0.1, -0.05) is 6.07 Å². The molecule has 4 heteroatoms. The first-order valence-electron chi connectivity index (χ1n) is 7.02. The van der Waals surface area contributed by atoms with E-state index in [0.717, 1.165) is 24.6 Å². The smallest absolute Gasteiger partial charge is 0.231 e. The summed E-state index contributed by atoms with van der Waals surface area (Å²) in [4.78, 5) is 2.31. The van der Waals surface area contributed by atoms with E-state index in [0.29, 0.717) is 18.8 Å². The van der Waals surface area contributed by atoms with Gasteiger partial charge in [-0.15, -0.1) is 0 Å². The van der Waals surface area contributed by atoms with Crippen molar-refractivity contribution in [1.29, 1.82) is 0 Å². The maximum atomic E-state index is 5.50. The highest BCUT2D eigenvalue weighted by Crippen LogP contribution is 2.38. The van der Waals surface area contributed by atoms with E-state index in [9.17, 15) is 0 Å². The largest absolute Gasteiger partial charge is 0.454 e. The fourth-order valence-electron chi connectivity index (χ4n) is 3.24. The quantitative estimate of drug-likeness (QED) is 0.903. The average Bonchev–Trinajstić information content (AvgIpc) is 2.87. The fraction of sp³-hybridized carbons (Fsp3) is 0.600. The van der Waals surface area contributed by atoms with Gasteiger partial charge < -0.3 is 19.7 Å². The van der Waals surface area contributed by atoms with E-state index in [2.05, 4.69) is 36.4 Å². The van der Waals surface area contributed by atoms with Crippen molar-refractivity contribution in [3.63, 3.8) is 0 Å². The number of hydrogen-bond acceptors (Lipinski definition) is 4. The summed E-state index contributed by atoms with van der Waals surface area (Å²) in [5.74, 6) is 2.40. The second-order valence-electron chi connectivity index (χ2n) is 5.63. The summed E-state index contributed by atoms with van der Waals surface area (Å²) in [6.45, 7) is 2.59. The molecule has 0 aliphatic carbocycles. The Kier molecular flexibility index (Phi) is 3.62. The minimum absolute atomic E-state index is 0.344. The lowest BCUT2D eigenvalue weighted by atomic mass is 9.86. The molecule has 1 N–H and O–H groups in total. The van der Waals surface area contributed by atoms with Gasteiger partial charge in [0.05, 0.1) is 0 Å². The normalized spacial score (nSPS) is 23.6. The molecular weight excluding hydrogens is 240 g/mol. The van der Waals surface area contributed by atoms with Gasteiger partial charge in [-0.25, -0.2) is 0 Å². The van der Waals surface area contributed by atoms with Crippen molar-refractivity contribution in [2.45, 2.75) is 18.9 Å². The zero-order valence-corrected chi connectivity index (χ0v) is 11.7. The Balaban J connectivity index is 1.87. The van der Waals surface area contributed by atoms with Crippen molar-refractivity contribution in [2.75, 3.05) is 34.0 Å². The van der Waals surface area contributed by atoms with Crippen LogP contribution in [-0.4, -0.2) is 38.9 Å². The molecule has 0 bridgehead atoms. The summed E-state index contributed by atoms with van der Waals surface area (Å²) in [6, 6.07) is 6.78. The van der Waals surface area contributed by atoms with Gasteiger partial charge in [0.1, 0.15) is 0 Å². The lowest BCUT2D eigenvalue weighted by Gasteiger charge is -2.35. The number of hydrogen-bond donors (Lipinski definition) is 1. The van der Waals surface area contributed by atoms with E-state index in [1.54, 1.807) is 0 Å². The maximum absolute atomic E-state index is 5.50. The molecule has 1 fully saturated rings. The monoisotopic (exact) mass is 262 g/mol.